The number of rotatable bonds is 3. The molecule has 2 aromatic carbocycles. The van der Waals surface area contributed by atoms with E-state index < -0.39 is 0 Å². The average Bonchev–Trinajstić information content (AvgIpc) is 2.40. The summed E-state index contributed by atoms with van der Waals surface area (Å²) >= 11 is 3.35. The predicted octanol–water partition coefficient (Wildman–Crippen LogP) is 3.82. The lowest BCUT2D eigenvalue weighted by atomic mass is 10.2. The third kappa shape index (κ3) is 3.15. The minimum atomic E-state index is -0.0828. The Balaban J connectivity index is 2.31. The molecule has 2 aromatic rings. The summed E-state index contributed by atoms with van der Waals surface area (Å²) in [4.78, 5) is 14.1. The second-order valence-electron chi connectivity index (χ2n) is 4.08. The third-order valence-electron chi connectivity index (χ3n) is 2.79. The molecule has 0 aliphatic carbocycles. The Bertz CT molecular complexity index is 581. The van der Waals surface area contributed by atoms with Crippen molar-refractivity contribution >= 4 is 27.5 Å². The van der Waals surface area contributed by atoms with Crippen LogP contribution in [0.5, 0.6) is 5.75 Å². The lowest BCUT2D eigenvalue weighted by Crippen LogP contribution is -2.30. The molecule has 2 rings (SSSR count). The number of hydrogen-bond donors (Lipinski definition) is 1. The summed E-state index contributed by atoms with van der Waals surface area (Å²) in [6.45, 7) is 2.44. The molecule has 0 radical (unpaired) electrons. The summed E-state index contributed by atoms with van der Waals surface area (Å²) in [6.07, 6.45) is 0. The highest BCUT2D eigenvalue weighted by Gasteiger charge is 2.16. The van der Waals surface area contributed by atoms with Gasteiger partial charge >= 0.3 is 0 Å². The van der Waals surface area contributed by atoms with Gasteiger partial charge in [-0.05, 0) is 43.3 Å². The SMILES string of the molecule is CCN(C(=O)c1ccc(Br)cc1)c1cccc(O)c1. The molecule has 0 aliphatic rings. The van der Waals surface area contributed by atoms with E-state index in [1.807, 2.05) is 19.1 Å². The first-order valence-electron chi connectivity index (χ1n) is 5.98. The molecule has 98 valence electrons. The van der Waals surface area contributed by atoms with E-state index in [9.17, 15) is 9.90 Å². The molecule has 0 atom stereocenters. The second kappa shape index (κ2) is 5.89. The molecule has 19 heavy (non-hydrogen) atoms. The number of nitrogens with zero attached hydrogens (tertiary/aromatic N) is 1. The quantitative estimate of drug-likeness (QED) is 0.934. The maximum Gasteiger partial charge on any atom is 0.258 e. The van der Waals surface area contributed by atoms with Gasteiger partial charge in [0.15, 0.2) is 0 Å². The standard InChI is InChI=1S/C15H14BrNO2/c1-2-17(13-4-3-5-14(18)10-13)15(19)11-6-8-12(16)9-7-11/h3-10,18H,2H2,1H3. The molecule has 4 heteroatoms. The molecule has 0 aromatic heterocycles. The smallest absolute Gasteiger partial charge is 0.258 e. The molecule has 0 fully saturated rings. The fourth-order valence-corrected chi connectivity index (χ4v) is 2.12. The lowest BCUT2D eigenvalue weighted by Gasteiger charge is -2.21. The molecule has 0 saturated heterocycles. The van der Waals surface area contributed by atoms with E-state index in [1.54, 1.807) is 41.3 Å². The molecule has 0 saturated carbocycles. The van der Waals surface area contributed by atoms with Crippen molar-refractivity contribution in [2.24, 2.45) is 0 Å². The van der Waals surface area contributed by atoms with Crippen molar-refractivity contribution in [1.29, 1.82) is 0 Å². The van der Waals surface area contributed by atoms with Gasteiger partial charge in [-0.2, -0.15) is 0 Å². The van der Waals surface area contributed by atoms with Crippen LogP contribution in [0.25, 0.3) is 0 Å². The van der Waals surface area contributed by atoms with Crippen molar-refractivity contribution in [3.8, 4) is 5.75 Å². The van der Waals surface area contributed by atoms with Crippen LogP contribution in [0.15, 0.2) is 53.0 Å². The molecule has 0 heterocycles. The summed E-state index contributed by atoms with van der Waals surface area (Å²) in [5.74, 6) is 0.0696. The van der Waals surface area contributed by atoms with Gasteiger partial charge in [0.05, 0.1) is 0 Å². The summed E-state index contributed by atoms with van der Waals surface area (Å²) in [6, 6.07) is 13.9. The molecule has 0 unspecified atom stereocenters. The highest BCUT2D eigenvalue weighted by Crippen LogP contribution is 2.22. The number of halogens is 1. The van der Waals surface area contributed by atoms with Crippen molar-refractivity contribution in [3.05, 3.63) is 58.6 Å². The number of benzene rings is 2. The van der Waals surface area contributed by atoms with E-state index in [0.29, 0.717) is 17.8 Å². The van der Waals surface area contributed by atoms with Gasteiger partial charge in [-0.15, -0.1) is 0 Å². The van der Waals surface area contributed by atoms with Crippen molar-refractivity contribution in [3.63, 3.8) is 0 Å². The van der Waals surface area contributed by atoms with Crippen LogP contribution in [-0.2, 0) is 0 Å². The Morgan fingerprint density at radius 2 is 1.89 bits per heavy atom. The first kappa shape index (κ1) is 13.6. The van der Waals surface area contributed by atoms with Gasteiger partial charge in [-0.3, -0.25) is 4.79 Å². The van der Waals surface area contributed by atoms with Crippen molar-refractivity contribution in [2.45, 2.75) is 6.92 Å². The molecule has 0 spiro atoms. The maximum atomic E-state index is 12.4. The Kier molecular flexibility index (Phi) is 4.22. The van der Waals surface area contributed by atoms with Gasteiger partial charge in [0, 0.05) is 28.3 Å². The van der Waals surface area contributed by atoms with Crippen LogP contribution >= 0.6 is 15.9 Å². The summed E-state index contributed by atoms with van der Waals surface area (Å²) in [5, 5.41) is 9.50. The van der Waals surface area contributed by atoms with Crippen LogP contribution in [0.4, 0.5) is 5.69 Å². The third-order valence-corrected chi connectivity index (χ3v) is 3.32. The first-order chi connectivity index (χ1) is 9.11. The normalized spacial score (nSPS) is 10.2. The summed E-state index contributed by atoms with van der Waals surface area (Å²) in [7, 11) is 0. The van der Waals surface area contributed by atoms with Gasteiger partial charge in [-0.1, -0.05) is 22.0 Å². The van der Waals surface area contributed by atoms with E-state index >= 15 is 0 Å². The van der Waals surface area contributed by atoms with Crippen molar-refractivity contribution in [2.75, 3.05) is 11.4 Å². The molecule has 0 aliphatic heterocycles. The number of hydrogen-bond acceptors (Lipinski definition) is 2. The topological polar surface area (TPSA) is 40.5 Å². The molecular formula is C15H14BrNO2. The predicted molar refractivity (Wildman–Crippen MR) is 79.6 cm³/mol. The zero-order valence-corrected chi connectivity index (χ0v) is 12.1. The van der Waals surface area contributed by atoms with E-state index in [0.717, 1.165) is 4.47 Å². The zero-order chi connectivity index (χ0) is 13.8. The number of amides is 1. The van der Waals surface area contributed by atoms with Gasteiger partial charge in [0.2, 0.25) is 0 Å². The van der Waals surface area contributed by atoms with Crippen molar-refractivity contribution in [1.82, 2.24) is 0 Å². The number of phenolic OH excluding ortho intramolecular Hbond substituents is 1. The van der Waals surface area contributed by atoms with E-state index in [4.69, 9.17) is 0 Å². The highest BCUT2D eigenvalue weighted by atomic mass is 79.9. The fraction of sp³-hybridized carbons (Fsp3) is 0.133. The second-order valence-corrected chi connectivity index (χ2v) is 4.99. The van der Waals surface area contributed by atoms with Gasteiger partial charge < -0.3 is 10.0 Å². The fourth-order valence-electron chi connectivity index (χ4n) is 1.85. The minimum Gasteiger partial charge on any atom is -0.508 e. The van der Waals surface area contributed by atoms with Gasteiger partial charge in [0.1, 0.15) is 5.75 Å². The Hall–Kier alpha value is -1.81. The molecule has 0 bridgehead atoms. The largest absolute Gasteiger partial charge is 0.508 e. The van der Waals surface area contributed by atoms with Crippen LogP contribution < -0.4 is 4.90 Å². The number of carbonyl (C=O) groups is 1. The highest BCUT2D eigenvalue weighted by molar-refractivity contribution is 9.10. The van der Waals surface area contributed by atoms with Crippen LogP contribution in [0.3, 0.4) is 0 Å². The molecule has 1 N–H and O–H groups in total. The lowest BCUT2D eigenvalue weighted by molar-refractivity contribution is 0.0988. The Morgan fingerprint density at radius 3 is 2.47 bits per heavy atom. The maximum absolute atomic E-state index is 12.4. The average molecular weight is 320 g/mol. The number of carbonyl (C=O) groups excluding carboxylic acids is 1. The molecule has 3 nitrogen and oxygen atoms in total. The Morgan fingerprint density at radius 1 is 1.21 bits per heavy atom. The van der Waals surface area contributed by atoms with Gasteiger partial charge in [-0.25, -0.2) is 0 Å². The van der Waals surface area contributed by atoms with E-state index in [2.05, 4.69) is 15.9 Å². The monoisotopic (exact) mass is 319 g/mol. The van der Waals surface area contributed by atoms with E-state index in [1.165, 1.54) is 0 Å². The number of phenols is 1. The first-order valence-corrected chi connectivity index (χ1v) is 6.77. The van der Waals surface area contributed by atoms with E-state index in [-0.39, 0.29) is 11.7 Å². The zero-order valence-electron chi connectivity index (χ0n) is 10.5. The summed E-state index contributed by atoms with van der Waals surface area (Å²) in [5.41, 5.74) is 1.31. The van der Waals surface area contributed by atoms with Crippen molar-refractivity contribution < 1.29 is 9.90 Å². The molecule has 1 amide bonds. The van der Waals surface area contributed by atoms with Crippen LogP contribution in [0, 0.1) is 0 Å². The molecular weight excluding hydrogens is 306 g/mol. The summed E-state index contributed by atoms with van der Waals surface area (Å²) < 4.78 is 0.935. The number of anilines is 1. The number of aromatic hydroxyl groups is 1. The van der Waals surface area contributed by atoms with Crippen LogP contribution in [0.2, 0.25) is 0 Å². The minimum absolute atomic E-state index is 0.0828. The van der Waals surface area contributed by atoms with Gasteiger partial charge in [0.25, 0.3) is 5.91 Å². The van der Waals surface area contributed by atoms with Crippen LogP contribution in [-0.4, -0.2) is 17.6 Å². The van der Waals surface area contributed by atoms with Crippen LogP contribution in [0.1, 0.15) is 17.3 Å². The Labute approximate surface area is 120 Å².